The topological polar surface area (TPSA) is 121 Å². The maximum atomic E-state index is 13.0. The molecule has 1 amide bonds. The molecule has 0 saturated heterocycles. The lowest BCUT2D eigenvalue weighted by atomic mass is 10.1. The van der Waals surface area contributed by atoms with Crippen molar-refractivity contribution in [1.82, 2.24) is 0 Å². The van der Waals surface area contributed by atoms with Crippen LogP contribution in [-0.4, -0.2) is 22.7 Å². The number of hydrogen-bond acceptors (Lipinski definition) is 5. The Balaban J connectivity index is 1.48. The number of carbonyl (C=O) groups excluding carboxylic acids is 1. The summed E-state index contributed by atoms with van der Waals surface area (Å²) in [7, 11) is -7.65. The van der Waals surface area contributed by atoms with E-state index in [0.29, 0.717) is 16.9 Å². The van der Waals surface area contributed by atoms with Crippen LogP contribution in [0.5, 0.6) is 0 Å². The molecule has 4 rings (SSSR count). The standard InChI is InChI=1S/C26H22BrN3O5S2/c1-18-24(8-5-9-25(18)30-37(34,35)22-6-3-2-4-7-22)26(31)28-20-14-16-23(17-15-20)36(32,33)29-21-12-10-19(27)11-13-21/h2-17,29-30H,1H3,(H,28,31). The number of anilines is 3. The van der Waals surface area contributed by atoms with Crippen molar-refractivity contribution in [3.8, 4) is 0 Å². The summed E-state index contributed by atoms with van der Waals surface area (Å²) < 4.78 is 56.6. The molecule has 11 heteroatoms. The minimum Gasteiger partial charge on any atom is -0.322 e. The minimum atomic E-state index is -3.83. The highest BCUT2D eigenvalue weighted by Gasteiger charge is 2.19. The van der Waals surface area contributed by atoms with Crippen molar-refractivity contribution in [1.29, 1.82) is 0 Å². The fraction of sp³-hybridized carbons (Fsp3) is 0.0385. The van der Waals surface area contributed by atoms with Gasteiger partial charge in [-0.3, -0.25) is 14.2 Å². The van der Waals surface area contributed by atoms with Crippen LogP contribution in [-0.2, 0) is 20.0 Å². The quantitative estimate of drug-likeness (QED) is 0.243. The molecule has 0 unspecified atom stereocenters. The van der Waals surface area contributed by atoms with Gasteiger partial charge in [0.2, 0.25) is 0 Å². The third-order valence-electron chi connectivity index (χ3n) is 5.40. The normalized spacial score (nSPS) is 11.5. The van der Waals surface area contributed by atoms with Gasteiger partial charge >= 0.3 is 0 Å². The van der Waals surface area contributed by atoms with Crippen LogP contribution in [0.4, 0.5) is 17.1 Å². The molecule has 8 nitrogen and oxygen atoms in total. The van der Waals surface area contributed by atoms with Crippen molar-refractivity contribution in [3.63, 3.8) is 0 Å². The summed E-state index contributed by atoms with van der Waals surface area (Å²) in [4.78, 5) is 13.1. The summed E-state index contributed by atoms with van der Waals surface area (Å²) in [5.41, 5.74) is 1.78. The molecule has 0 spiro atoms. The second-order valence-corrected chi connectivity index (χ2v) is 12.3. The number of halogens is 1. The van der Waals surface area contributed by atoms with Gasteiger partial charge in [0.25, 0.3) is 26.0 Å². The molecular weight excluding hydrogens is 578 g/mol. The fourth-order valence-electron chi connectivity index (χ4n) is 3.44. The van der Waals surface area contributed by atoms with E-state index in [9.17, 15) is 21.6 Å². The van der Waals surface area contributed by atoms with E-state index >= 15 is 0 Å². The Labute approximate surface area is 224 Å². The molecule has 0 bridgehead atoms. The second-order valence-electron chi connectivity index (χ2n) is 7.99. The summed E-state index contributed by atoms with van der Waals surface area (Å²) in [5.74, 6) is -0.471. The van der Waals surface area contributed by atoms with Crippen molar-refractivity contribution in [3.05, 3.63) is 113 Å². The van der Waals surface area contributed by atoms with Crippen molar-refractivity contribution in [2.24, 2.45) is 0 Å². The lowest BCUT2D eigenvalue weighted by molar-refractivity contribution is 0.102. The minimum absolute atomic E-state index is 0.0296. The zero-order valence-electron chi connectivity index (χ0n) is 19.5. The van der Waals surface area contributed by atoms with Gasteiger partial charge in [0.15, 0.2) is 0 Å². The summed E-state index contributed by atoms with van der Waals surface area (Å²) in [5, 5.41) is 2.72. The number of sulfonamides is 2. The Kier molecular flexibility index (Phi) is 7.67. The van der Waals surface area contributed by atoms with E-state index in [1.165, 1.54) is 36.4 Å². The lowest BCUT2D eigenvalue weighted by Crippen LogP contribution is -2.17. The van der Waals surface area contributed by atoms with Gasteiger partial charge in [-0.05, 0) is 85.3 Å². The Bertz CT molecular complexity index is 1640. The molecule has 0 aliphatic heterocycles. The Morgan fingerprint density at radius 3 is 1.86 bits per heavy atom. The maximum absolute atomic E-state index is 13.0. The number of amides is 1. The number of hydrogen-bond donors (Lipinski definition) is 3. The predicted molar refractivity (Wildman–Crippen MR) is 148 cm³/mol. The van der Waals surface area contributed by atoms with Gasteiger partial charge < -0.3 is 5.32 Å². The first-order valence-corrected chi connectivity index (χ1v) is 14.7. The molecule has 0 aliphatic rings. The monoisotopic (exact) mass is 599 g/mol. The highest BCUT2D eigenvalue weighted by atomic mass is 79.9. The van der Waals surface area contributed by atoms with Crippen molar-refractivity contribution < 1.29 is 21.6 Å². The average molecular weight is 601 g/mol. The zero-order chi connectivity index (χ0) is 26.6. The van der Waals surface area contributed by atoms with Crippen molar-refractivity contribution in [2.45, 2.75) is 16.7 Å². The van der Waals surface area contributed by atoms with Crippen LogP contribution in [0.3, 0.4) is 0 Å². The number of nitrogens with one attached hydrogen (secondary N) is 3. The van der Waals surface area contributed by atoms with Crippen LogP contribution in [0.2, 0.25) is 0 Å². The van der Waals surface area contributed by atoms with Crippen LogP contribution in [0.25, 0.3) is 0 Å². The third-order valence-corrected chi connectivity index (χ3v) is 8.70. The predicted octanol–water partition coefficient (Wildman–Crippen LogP) is 5.61. The van der Waals surface area contributed by atoms with Crippen LogP contribution in [0.1, 0.15) is 15.9 Å². The molecule has 4 aromatic carbocycles. The van der Waals surface area contributed by atoms with Crippen LogP contribution < -0.4 is 14.8 Å². The van der Waals surface area contributed by atoms with E-state index in [4.69, 9.17) is 0 Å². The maximum Gasteiger partial charge on any atom is 0.261 e. The molecule has 0 heterocycles. The Hall–Kier alpha value is -3.67. The van der Waals surface area contributed by atoms with E-state index in [2.05, 4.69) is 30.7 Å². The van der Waals surface area contributed by atoms with Gasteiger partial charge in [0.05, 0.1) is 15.5 Å². The molecule has 190 valence electrons. The summed E-state index contributed by atoms with van der Waals surface area (Å²) in [6.07, 6.45) is 0. The molecule has 3 N–H and O–H groups in total. The van der Waals surface area contributed by atoms with Gasteiger partial charge in [-0.15, -0.1) is 0 Å². The SMILES string of the molecule is Cc1c(NS(=O)(=O)c2ccccc2)cccc1C(=O)Nc1ccc(S(=O)(=O)Nc2ccc(Br)cc2)cc1. The molecule has 4 aromatic rings. The molecule has 0 fully saturated rings. The van der Waals surface area contributed by atoms with Crippen LogP contribution in [0.15, 0.2) is 111 Å². The molecule has 0 aromatic heterocycles. The number of benzene rings is 4. The van der Waals surface area contributed by atoms with Gasteiger partial charge in [0.1, 0.15) is 0 Å². The first-order chi connectivity index (χ1) is 17.5. The summed E-state index contributed by atoms with van der Waals surface area (Å²) >= 11 is 3.30. The molecule has 0 atom stereocenters. The number of carbonyl (C=O) groups is 1. The largest absolute Gasteiger partial charge is 0.322 e. The van der Waals surface area contributed by atoms with E-state index in [1.54, 1.807) is 67.6 Å². The summed E-state index contributed by atoms with van der Waals surface area (Å²) in [6.45, 7) is 1.64. The van der Waals surface area contributed by atoms with Gasteiger partial charge in [-0.1, -0.05) is 40.2 Å². The smallest absolute Gasteiger partial charge is 0.261 e. The molecule has 37 heavy (non-hydrogen) atoms. The van der Waals surface area contributed by atoms with E-state index in [-0.39, 0.29) is 21.0 Å². The molecular formula is C26H22BrN3O5S2. The van der Waals surface area contributed by atoms with E-state index in [1.807, 2.05) is 0 Å². The first-order valence-electron chi connectivity index (χ1n) is 10.9. The second kappa shape index (κ2) is 10.8. The Morgan fingerprint density at radius 1 is 0.649 bits per heavy atom. The van der Waals surface area contributed by atoms with E-state index in [0.717, 1.165) is 4.47 Å². The van der Waals surface area contributed by atoms with E-state index < -0.39 is 26.0 Å². The van der Waals surface area contributed by atoms with Crippen molar-refractivity contribution in [2.75, 3.05) is 14.8 Å². The van der Waals surface area contributed by atoms with Gasteiger partial charge in [0, 0.05) is 21.4 Å². The Morgan fingerprint density at radius 2 is 1.22 bits per heavy atom. The fourth-order valence-corrected chi connectivity index (χ4v) is 5.91. The average Bonchev–Trinajstić information content (AvgIpc) is 2.87. The zero-order valence-corrected chi connectivity index (χ0v) is 22.7. The summed E-state index contributed by atoms with van der Waals surface area (Å²) in [6, 6.07) is 25.1. The lowest BCUT2D eigenvalue weighted by Gasteiger charge is -2.14. The first kappa shape index (κ1) is 26.4. The highest BCUT2D eigenvalue weighted by molar-refractivity contribution is 9.10. The highest BCUT2D eigenvalue weighted by Crippen LogP contribution is 2.24. The third kappa shape index (κ3) is 6.37. The van der Waals surface area contributed by atoms with Crippen molar-refractivity contribution >= 4 is 58.9 Å². The van der Waals surface area contributed by atoms with Gasteiger partial charge in [-0.2, -0.15) is 0 Å². The van der Waals surface area contributed by atoms with Crippen LogP contribution >= 0.6 is 15.9 Å². The van der Waals surface area contributed by atoms with Crippen LogP contribution in [0, 0.1) is 6.92 Å². The molecule has 0 aliphatic carbocycles. The molecule has 0 saturated carbocycles. The number of rotatable bonds is 8. The van der Waals surface area contributed by atoms with Gasteiger partial charge in [-0.25, -0.2) is 16.8 Å². The molecule has 0 radical (unpaired) electrons.